The van der Waals surface area contributed by atoms with Crippen molar-refractivity contribution < 1.29 is 9.47 Å². The van der Waals surface area contributed by atoms with Crippen molar-refractivity contribution in [3.8, 4) is 0 Å². The second-order valence-electron chi connectivity index (χ2n) is 3.71. The second kappa shape index (κ2) is 6.62. The minimum absolute atomic E-state index is 0.0341. The van der Waals surface area contributed by atoms with Crippen molar-refractivity contribution in [2.45, 2.75) is 19.1 Å². The van der Waals surface area contributed by atoms with E-state index in [1.54, 1.807) is 14.2 Å². The number of piperidine rings is 1. The van der Waals surface area contributed by atoms with Gasteiger partial charge in [0.15, 0.2) is 6.29 Å². The van der Waals surface area contributed by atoms with Crippen LogP contribution in [0.4, 0.5) is 0 Å². The van der Waals surface area contributed by atoms with Crippen LogP contribution in [0.1, 0.15) is 12.8 Å². The van der Waals surface area contributed by atoms with Gasteiger partial charge in [0, 0.05) is 32.6 Å². The van der Waals surface area contributed by atoms with E-state index < -0.39 is 0 Å². The number of rotatable bonds is 5. The zero-order valence-electron chi connectivity index (χ0n) is 9.04. The van der Waals surface area contributed by atoms with Gasteiger partial charge in [0.1, 0.15) is 0 Å². The lowest BCUT2D eigenvalue weighted by molar-refractivity contribution is -0.146. The first kappa shape index (κ1) is 12.2. The first-order valence-corrected chi connectivity index (χ1v) is 5.69. The third-order valence-corrected chi connectivity index (χ3v) is 3.05. The average molecular weight is 222 g/mol. The van der Waals surface area contributed by atoms with Crippen molar-refractivity contribution in [1.29, 1.82) is 0 Å². The second-order valence-corrected chi connectivity index (χ2v) is 4.09. The Bertz CT molecular complexity index is 145. The Morgan fingerprint density at radius 1 is 1.29 bits per heavy atom. The van der Waals surface area contributed by atoms with Gasteiger partial charge in [-0.15, -0.1) is 11.6 Å². The van der Waals surface area contributed by atoms with Crippen LogP contribution in [-0.2, 0) is 9.47 Å². The summed E-state index contributed by atoms with van der Waals surface area (Å²) in [6.45, 7) is 3.22. The number of alkyl halides is 1. The van der Waals surface area contributed by atoms with Gasteiger partial charge in [-0.3, -0.25) is 0 Å². The molecule has 3 nitrogen and oxygen atoms in total. The Morgan fingerprint density at radius 3 is 2.29 bits per heavy atom. The first-order valence-electron chi connectivity index (χ1n) is 5.15. The summed E-state index contributed by atoms with van der Waals surface area (Å²) in [5, 5.41) is 0. The molecule has 1 aliphatic rings. The molecular formula is C10H20ClNO2. The zero-order chi connectivity index (χ0) is 10.4. The highest BCUT2D eigenvalue weighted by Crippen LogP contribution is 2.22. The monoisotopic (exact) mass is 221 g/mol. The molecule has 0 aromatic carbocycles. The van der Waals surface area contributed by atoms with Crippen molar-refractivity contribution in [2.24, 2.45) is 5.92 Å². The number of nitrogens with zero attached hydrogens (tertiary/aromatic N) is 1. The average Bonchev–Trinajstić information content (AvgIpc) is 2.23. The van der Waals surface area contributed by atoms with E-state index in [2.05, 4.69) is 4.90 Å². The van der Waals surface area contributed by atoms with E-state index >= 15 is 0 Å². The van der Waals surface area contributed by atoms with E-state index in [0.29, 0.717) is 5.92 Å². The SMILES string of the molecule is COC(OC)C1CCN(CCCl)CC1. The summed E-state index contributed by atoms with van der Waals surface area (Å²) in [4.78, 5) is 2.39. The molecule has 0 bridgehead atoms. The van der Waals surface area contributed by atoms with E-state index in [9.17, 15) is 0 Å². The van der Waals surface area contributed by atoms with E-state index in [1.807, 2.05) is 0 Å². The summed E-state index contributed by atoms with van der Waals surface area (Å²) >= 11 is 5.70. The van der Waals surface area contributed by atoms with Gasteiger partial charge in [0.25, 0.3) is 0 Å². The van der Waals surface area contributed by atoms with Crippen molar-refractivity contribution >= 4 is 11.6 Å². The van der Waals surface area contributed by atoms with Crippen molar-refractivity contribution in [1.82, 2.24) is 4.90 Å². The number of hydrogen-bond donors (Lipinski definition) is 0. The predicted molar refractivity (Wildman–Crippen MR) is 57.7 cm³/mol. The van der Waals surface area contributed by atoms with E-state index in [4.69, 9.17) is 21.1 Å². The quantitative estimate of drug-likeness (QED) is 0.520. The lowest BCUT2D eigenvalue weighted by Crippen LogP contribution is -2.39. The third-order valence-electron chi connectivity index (χ3n) is 2.88. The zero-order valence-corrected chi connectivity index (χ0v) is 9.79. The molecule has 1 heterocycles. The standard InChI is InChI=1S/C10H20ClNO2/c1-13-10(14-2)9-3-6-12(7-4-9)8-5-11/h9-10H,3-8H2,1-2H3. The fourth-order valence-electron chi connectivity index (χ4n) is 2.05. The summed E-state index contributed by atoms with van der Waals surface area (Å²) in [5.41, 5.74) is 0. The topological polar surface area (TPSA) is 21.7 Å². The Balaban J connectivity index is 2.27. The minimum atomic E-state index is -0.0341. The van der Waals surface area contributed by atoms with Gasteiger partial charge < -0.3 is 14.4 Å². The number of halogens is 1. The molecule has 0 spiro atoms. The van der Waals surface area contributed by atoms with Crippen molar-refractivity contribution in [2.75, 3.05) is 39.7 Å². The van der Waals surface area contributed by atoms with Gasteiger partial charge in [-0.2, -0.15) is 0 Å². The Kier molecular flexibility index (Phi) is 5.78. The molecule has 0 saturated carbocycles. The van der Waals surface area contributed by atoms with Gasteiger partial charge in [-0.1, -0.05) is 0 Å². The largest absolute Gasteiger partial charge is 0.356 e. The van der Waals surface area contributed by atoms with E-state index in [1.165, 1.54) is 0 Å². The Hall–Kier alpha value is 0.170. The van der Waals surface area contributed by atoms with E-state index in [-0.39, 0.29) is 6.29 Å². The molecule has 1 aliphatic heterocycles. The highest BCUT2D eigenvalue weighted by Gasteiger charge is 2.25. The van der Waals surface area contributed by atoms with Crippen LogP contribution in [0.25, 0.3) is 0 Å². The Morgan fingerprint density at radius 2 is 1.86 bits per heavy atom. The van der Waals surface area contributed by atoms with Crippen LogP contribution < -0.4 is 0 Å². The summed E-state index contributed by atoms with van der Waals surface area (Å²) in [5.74, 6) is 1.26. The van der Waals surface area contributed by atoms with Crippen LogP contribution in [0, 0.1) is 5.92 Å². The molecule has 0 aromatic rings. The molecule has 1 rings (SSSR count). The van der Waals surface area contributed by atoms with Crippen LogP contribution in [-0.4, -0.2) is 50.9 Å². The summed E-state index contributed by atoms with van der Waals surface area (Å²) in [6.07, 6.45) is 2.25. The fraction of sp³-hybridized carbons (Fsp3) is 1.00. The normalized spacial score (nSPS) is 20.6. The highest BCUT2D eigenvalue weighted by molar-refractivity contribution is 6.18. The molecule has 4 heteroatoms. The maximum absolute atomic E-state index is 5.70. The number of ether oxygens (including phenoxy) is 2. The molecule has 1 saturated heterocycles. The number of likely N-dealkylation sites (tertiary alicyclic amines) is 1. The maximum Gasteiger partial charge on any atom is 0.159 e. The molecule has 0 N–H and O–H groups in total. The molecule has 14 heavy (non-hydrogen) atoms. The number of methoxy groups -OCH3 is 2. The molecule has 0 aliphatic carbocycles. The van der Waals surface area contributed by atoms with Crippen molar-refractivity contribution in [3.63, 3.8) is 0 Å². The summed E-state index contributed by atoms with van der Waals surface area (Å²) in [6, 6.07) is 0. The smallest absolute Gasteiger partial charge is 0.159 e. The van der Waals surface area contributed by atoms with Crippen LogP contribution >= 0.6 is 11.6 Å². The lowest BCUT2D eigenvalue weighted by Gasteiger charge is -2.34. The molecule has 0 aromatic heterocycles. The number of hydrogen-bond acceptors (Lipinski definition) is 3. The van der Waals surface area contributed by atoms with Crippen LogP contribution in [0.5, 0.6) is 0 Å². The van der Waals surface area contributed by atoms with Crippen LogP contribution in [0.15, 0.2) is 0 Å². The van der Waals surface area contributed by atoms with Crippen molar-refractivity contribution in [3.05, 3.63) is 0 Å². The fourth-order valence-corrected chi connectivity index (χ4v) is 2.29. The van der Waals surface area contributed by atoms with E-state index in [0.717, 1.165) is 38.4 Å². The summed E-state index contributed by atoms with van der Waals surface area (Å²) < 4.78 is 10.5. The van der Waals surface area contributed by atoms with Gasteiger partial charge in [0.05, 0.1) is 0 Å². The van der Waals surface area contributed by atoms with Crippen LogP contribution in [0.2, 0.25) is 0 Å². The third kappa shape index (κ3) is 3.39. The molecule has 0 amide bonds. The van der Waals surface area contributed by atoms with Gasteiger partial charge in [0.2, 0.25) is 0 Å². The van der Waals surface area contributed by atoms with Crippen LogP contribution in [0.3, 0.4) is 0 Å². The summed E-state index contributed by atoms with van der Waals surface area (Å²) in [7, 11) is 3.42. The van der Waals surface area contributed by atoms with Gasteiger partial charge in [-0.25, -0.2) is 0 Å². The molecule has 0 radical (unpaired) electrons. The molecular weight excluding hydrogens is 202 g/mol. The molecule has 84 valence electrons. The highest BCUT2D eigenvalue weighted by atomic mass is 35.5. The predicted octanol–water partition coefficient (Wildman–Crippen LogP) is 1.56. The first-order chi connectivity index (χ1) is 6.81. The Labute approximate surface area is 91.3 Å². The van der Waals surface area contributed by atoms with Gasteiger partial charge in [-0.05, 0) is 25.9 Å². The molecule has 0 atom stereocenters. The molecule has 1 fully saturated rings. The molecule has 0 unspecified atom stereocenters. The minimum Gasteiger partial charge on any atom is -0.356 e. The van der Waals surface area contributed by atoms with Gasteiger partial charge >= 0.3 is 0 Å². The maximum atomic E-state index is 5.70. The lowest BCUT2D eigenvalue weighted by atomic mass is 9.96.